The summed E-state index contributed by atoms with van der Waals surface area (Å²) in [4.78, 5) is 14.8. The minimum absolute atomic E-state index is 0.137. The van der Waals surface area contributed by atoms with Crippen LogP contribution in [-0.2, 0) is 11.3 Å². The molecule has 0 radical (unpaired) electrons. The number of nitrogens with zero attached hydrogens (tertiary/aromatic N) is 2. The topological polar surface area (TPSA) is 77.3 Å². The number of hydrogen-bond donors (Lipinski definition) is 1. The van der Waals surface area contributed by atoms with E-state index in [1.165, 1.54) is 6.20 Å². The Kier molecular flexibility index (Phi) is 6.38. The molecule has 1 rings (SSSR count). The van der Waals surface area contributed by atoms with Crippen LogP contribution in [0.1, 0.15) is 30.2 Å². The standard InChI is InChI=1S/C13H21N3O3/c1-4-5-14-6-7-19-9-12-11(3)13(16(17)18)10(2)8-15-12/h8,14H,4-7,9H2,1-3H3. The summed E-state index contributed by atoms with van der Waals surface area (Å²) in [6.07, 6.45) is 2.62. The van der Waals surface area contributed by atoms with Crippen molar-refractivity contribution in [3.63, 3.8) is 0 Å². The predicted octanol–water partition coefficient (Wildman–Crippen LogP) is 2.12. The lowest BCUT2D eigenvalue weighted by molar-refractivity contribution is -0.386. The first-order chi connectivity index (χ1) is 9.07. The SMILES string of the molecule is CCCNCCOCc1ncc(C)c([N+](=O)[O-])c1C. The maximum atomic E-state index is 11.0. The van der Waals surface area contributed by atoms with Gasteiger partial charge in [0, 0.05) is 18.3 Å². The molecule has 0 aliphatic carbocycles. The van der Waals surface area contributed by atoms with Crippen LogP contribution in [0.25, 0.3) is 0 Å². The molecule has 106 valence electrons. The summed E-state index contributed by atoms with van der Waals surface area (Å²) in [6, 6.07) is 0. The largest absolute Gasteiger partial charge is 0.374 e. The van der Waals surface area contributed by atoms with Gasteiger partial charge in [0.05, 0.1) is 29.4 Å². The molecule has 0 saturated heterocycles. The minimum Gasteiger partial charge on any atom is -0.374 e. The summed E-state index contributed by atoms with van der Waals surface area (Å²) in [6.45, 7) is 8.14. The molecule has 0 bridgehead atoms. The van der Waals surface area contributed by atoms with Gasteiger partial charge < -0.3 is 10.1 Å². The van der Waals surface area contributed by atoms with E-state index in [-0.39, 0.29) is 10.6 Å². The lowest BCUT2D eigenvalue weighted by Gasteiger charge is -2.08. The van der Waals surface area contributed by atoms with Crippen molar-refractivity contribution < 1.29 is 9.66 Å². The van der Waals surface area contributed by atoms with Crippen molar-refractivity contribution in [2.75, 3.05) is 19.7 Å². The van der Waals surface area contributed by atoms with Gasteiger partial charge in [-0.05, 0) is 26.8 Å². The van der Waals surface area contributed by atoms with Crippen LogP contribution in [-0.4, -0.2) is 29.6 Å². The molecular formula is C13H21N3O3. The van der Waals surface area contributed by atoms with Gasteiger partial charge in [-0.3, -0.25) is 15.1 Å². The zero-order valence-electron chi connectivity index (χ0n) is 11.7. The second-order valence-corrected chi connectivity index (χ2v) is 4.42. The Hall–Kier alpha value is -1.53. The molecule has 0 unspecified atom stereocenters. The summed E-state index contributed by atoms with van der Waals surface area (Å²) in [5, 5.41) is 14.2. The maximum Gasteiger partial charge on any atom is 0.278 e. The second-order valence-electron chi connectivity index (χ2n) is 4.42. The first kappa shape index (κ1) is 15.5. The van der Waals surface area contributed by atoms with Crippen LogP contribution in [0.2, 0.25) is 0 Å². The number of pyridine rings is 1. The Morgan fingerprint density at radius 2 is 2.16 bits per heavy atom. The molecular weight excluding hydrogens is 246 g/mol. The van der Waals surface area contributed by atoms with E-state index >= 15 is 0 Å². The Balaban J connectivity index is 2.55. The number of hydrogen-bond acceptors (Lipinski definition) is 5. The van der Waals surface area contributed by atoms with Gasteiger partial charge in [0.15, 0.2) is 0 Å². The Morgan fingerprint density at radius 3 is 2.79 bits per heavy atom. The van der Waals surface area contributed by atoms with Crippen molar-refractivity contribution in [2.24, 2.45) is 0 Å². The zero-order valence-corrected chi connectivity index (χ0v) is 11.7. The van der Waals surface area contributed by atoms with Gasteiger partial charge in [-0.1, -0.05) is 6.92 Å². The van der Waals surface area contributed by atoms with Crippen molar-refractivity contribution in [2.45, 2.75) is 33.8 Å². The number of aryl methyl sites for hydroxylation is 1. The van der Waals surface area contributed by atoms with Gasteiger partial charge in [-0.25, -0.2) is 0 Å². The van der Waals surface area contributed by atoms with Crippen molar-refractivity contribution in [3.8, 4) is 0 Å². The molecule has 0 atom stereocenters. The van der Waals surface area contributed by atoms with Gasteiger partial charge in [0.25, 0.3) is 5.69 Å². The molecule has 19 heavy (non-hydrogen) atoms. The smallest absolute Gasteiger partial charge is 0.278 e. The lowest BCUT2D eigenvalue weighted by atomic mass is 10.1. The third kappa shape index (κ3) is 4.57. The van der Waals surface area contributed by atoms with Crippen LogP contribution in [0.3, 0.4) is 0 Å². The van der Waals surface area contributed by atoms with Gasteiger partial charge >= 0.3 is 0 Å². The summed E-state index contributed by atoms with van der Waals surface area (Å²) in [5.74, 6) is 0. The molecule has 0 aliphatic heterocycles. The first-order valence-corrected chi connectivity index (χ1v) is 6.45. The lowest BCUT2D eigenvalue weighted by Crippen LogP contribution is -2.20. The molecule has 1 heterocycles. The van der Waals surface area contributed by atoms with E-state index in [1.807, 2.05) is 0 Å². The monoisotopic (exact) mass is 267 g/mol. The number of ether oxygens (including phenoxy) is 1. The Morgan fingerprint density at radius 1 is 1.42 bits per heavy atom. The molecule has 0 aliphatic rings. The third-order valence-corrected chi connectivity index (χ3v) is 2.85. The van der Waals surface area contributed by atoms with Crippen molar-refractivity contribution in [3.05, 3.63) is 33.1 Å². The van der Waals surface area contributed by atoms with E-state index in [4.69, 9.17) is 4.74 Å². The van der Waals surface area contributed by atoms with E-state index < -0.39 is 0 Å². The molecule has 1 aromatic heterocycles. The van der Waals surface area contributed by atoms with Gasteiger partial charge in [0.2, 0.25) is 0 Å². The van der Waals surface area contributed by atoms with Crippen LogP contribution in [0, 0.1) is 24.0 Å². The fraction of sp³-hybridized carbons (Fsp3) is 0.615. The van der Waals surface area contributed by atoms with Gasteiger partial charge in [-0.15, -0.1) is 0 Å². The van der Waals surface area contributed by atoms with E-state index in [1.54, 1.807) is 13.8 Å². The summed E-state index contributed by atoms with van der Waals surface area (Å²) < 4.78 is 5.47. The van der Waals surface area contributed by atoms with E-state index in [0.29, 0.717) is 30.0 Å². The molecule has 0 amide bonds. The fourth-order valence-corrected chi connectivity index (χ4v) is 1.81. The maximum absolute atomic E-state index is 11.0. The summed E-state index contributed by atoms with van der Waals surface area (Å²) in [5.41, 5.74) is 1.94. The Bertz CT molecular complexity index is 435. The van der Waals surface area contributed by atoms with Gasteiger partial charge in [-0.2, -0.15) is 0 Å². The van der Waals surface area contributed by atoms with Crippen molar-refractivity contribution >= 4 is 5.69 Å². The normalized spacial score (nSPS) is 10.7. The first-order valence-electron chi connectivity index (χ1n) is 6.45. The van der Waals surface area contributed by atoms with E-state index in [9.17, 15) is 10.1 Å². The highest BCUT2D eigenvalue weighted by molar-refractivity contribution is 5.47. The van der Waals surface area contributed by atoms with Crippen LogP contribution >= 0.6 is 0 Å². The van der Waals surface area contributed by atoms with Gasteiger partial charge in [0.1, 0.15) is 0 Å². The van der Waals surface area contributed by atoms with Crippen molar-refractivity contribution in [1.29, 1.82) is 0 Å². The number of rotatable bonds is 8. The molecule has 0 fully saturated rings. The quantitative estimate of drug-likeness (QED) is 0.443. The average molecular weight is 267 g/mol. The van der Waals surface area contributed by atoms with E-state index in [0.717, 1.165) is 19.5 Å². The molecule has 1 N–H and O–H groups in total. The van der Waals surface area contributed by atoms with E-state index in [2.05, 4.69) is 17.2 Å². The zero-order chi connectivity index (χ0) is 14.3. The molecule has 0 saturated carbocycles. The van der Waals surface area contributed by atoms with Crippen LogP contribution < -0.4 is 5.32 Å². The summed E-state index contributed by atoms with van der Waals surface area (Å²) in [7, 11) is 0. The highest BCUT2D eigenvalue weighted by Gasteiger charge is 2.18. The average Bonchev–Trinajstić information content (AvgIpc) is 2.35. The van der Waals surface area contributed by atoms with Crippen LogP contribution in [0.5, 0.6) is 0 Å². The van der Waals surface area contributed by atoms with Crippen LogP contribution in [0.15, 0.2) is 6.20 Å². The molecule has 1 aromatic rings. The second kappa shape index (κ2) is 7.81. The highest BCUT2D eigenvalue weighted by atomic mass is 16.6. The highest BCUT2D eigenvalue weighted by Crippen LogP contribution is 2.24. The Labute approximate surface area is 113 Å². The van der Waals surface area contributed by atoms with Crippen LogP contribution in [0.4, 0.5) is 5.69 Å². The summed E-state index contributed by atoms with van der Waals surface area (Å²) >= 11 is 0. The third-order valence-electron chi connectivity index (χ3n) is 2.85. The van der Waals surface area contributed by atoms with Crippen molar-refractivity contribution in [1.82, 2.24) is 10.3 Å². The molecule has 6 nitrogen and oxygen atoms in total. The predicted molar refractivity (Wildman–Crippen MR) is 73.2 cm³/mol. The number of nitrogens with one attached hydrogen (secondary N) is 1. The number of aromatic nitrogens is 1. The molecule has 0 aromatic carbocycles. The minimum atomic E-state index is -0.362. The fourth-order valence-electron chi connectivity index (χ4n) is 1.81. The molecule has 6 heteroatoms. The number of nitro groups is 1. The molecule has 0 spiro atoms.